The smallest absolute Gasteiger partial charge is 0.331 e. The van der Waals surface area contributed by atoms with Crippen LogP contribution >= 0.6 is 0 Å². The fraction of sp³-hybridized carbons (Fsp3) is 0.450. The highest BCUT2D eigenvalue weighted by molar-refractivity contribution is 5.84. The van der Waals surface area contributed by atoms with Crippen LogP contribution < -0.4 is 5.73 Å². The molecule has 0 bridgehead atoms. The van der Waals surface area contributed by atoms with Gasteiger partial charge in [0.25, 0.3) is 0 Å². The number of primary amides is 1. The zero-order valence-electron chi connectivity index (χ0n) is 16.5. The number of hydrazine groups is 1. The van der Waals surface area contributed by atoms with Crippen molar-refractivity contribution in [1.82, 2.24) is 14.9 Å². The van der Waals surface area contributed by atoms with Gasteiger partial charge in [-0.15, -0.1) is 6.42 Å². The molecular weight excluding hydrogens is 360 g/mol. The summed E-state index contributed by atoms with van der Waals surface area (Å²) >= 11 is 0. The zero-order valence-corrected chi connectivity index (χ0v) is 16.5. The molecule has 0 saturated carbocycles. The number of nitrogens with zero attached hydrogens (tertiary/aromatic N) is 3. The van der Waals surface area contributed by atoms with Crippen molar-refractivity contribution in [1.29, 1.82) is 0 Å². The number of phenols is 1. The lowest BCUT2D eigenvalue weighted by Crippen LogP contribution is -2.62. The molecule has 0 aliphatic rings. The summed E-state index contributed by atoms with van der Waals surface area (Å²) in [4.78, 5) is 37.8. The SMILES string of the molecule is C#CCN(CC)N(C(N)=O)C(CC)N(C=O)[C@@H](Cc1ccc(O)cc1)C(C)=O. The van der Waals surface area contributed by atoms with Crippen LogP contribution in [0.15, 0.2) is 24.3 Å². The number of nitrogens with two attached hydrogens (primary N) is 1. The van der Waals surface area contributed by atoms with Gasteiger partial charge in [0.2, 0.25) is 6.41 Å². The van der Waals surface area contributed by atoms with Gasteiger partial charge in [-0.05, 0) is 31.0 Å². The van der Waals surface area contributed by atoms with Crippen molar-refractivity contribution in [3.05, 3.63) is 29.8 Å². The van der Waals surface area contributed by atoms with E-state index in [1.165, 1.54) is 29.0 Å². The van der Waals surface area contributed by atoms with Gasteiger partial charge in [0.15, 0.2) is 5.78 Å². The van der Waals surface area contributed by atoms with Gasteiger partial charge in [-0.3, -0.25) is 9.59 Å². The number of rotatable bonds is 11. The molecule has 0 radical (unpaired) electrons. The van der Waals surface area contributed by atoms with Crippen LogP contribution in [0.4, 0.5) is 4.79 Å². The van der Waals surface area contributed by atoms with Gasteiger partial charge in [-0.2, -0.15) is 0 Å². The van der Waals surface area contributed by atoms with Crippen LogP contribution in [0.2, 0.25) is 0 Å². The number of urea groups is 1. The first kappa shape index (κ1) is 23.0. The predicted octanol–water partition coefficient (Wildman–Crippen LogP) is 1.34. The Kier molecular flexibility index (Phi) is 8.99. The molecule has 0 aliphatic heterocycles. The number of ketones is 1. The molecule has 8 heteroatoms. The Morgan fingerprint density at radius 1 is 1.29 bits per heavy atom. The Bertz CT molecular complexity index is 714. The maximum absolute atomic E-state index is 12.4. The summed E-state index contributed by atoms with van der Waals surface area (Å²) in [6.07, 6.45) is 5.76. The second-order valence-electron chi connectivity index (χ2n) is 6.31. The summed E-state index contributed by atoms with van der Waals surface area (Å²) in [7, 11) is 0. The van der Waals surface area contributed by atoms with E-state index >= 15 is 0 Å². The number of hydrogen-bond donors (Lipinski definition) is 2. The molecule has 152 valence electrons. The number of hydrogen-bond acceptors (Lipinski definition) is 5. The van der Waals surface area contributed by atoms with Crippen molar-refractivity contribution < 1.29 is 19.5 Å². The van der Waals surface area contributed by atoms with Crippen molar-refractivity contribution in [3.8, 4) is 18.1 Å². The van der Waals surface area contributed by atoms with Crippen molar-refractivity contribution in [3.63, 3.8) is 0 Å². The second-order valence-corrected chi connectivity index (χ2v) is 6.31. The van der Waals surface area contributed by atoms with Gasteiger partial charge in [0.1, 0.15) is 11.9 Å². The Morgan fingerprint density at radius 2 is 1.89 bits per heavy atom. The van der Waals surface area contributed by atoms with Crippen molar-refractivity contribution >= 4 is 18.2 Å². The molecule has 3 N–H and O–H groups in total. The van der Waals surface area contributed by atoms with Crippen LogP contribution in [0.5, 0.6) is 5.75 Å². The van der Waals surface area contributed by atoms with E-state index in [1.807, 2.05) is 6.92 Å². The lowest BCUT2D eigenvalue weighted by molar-refractivity contribution is -0.143. The van der Waals surface area contributed by atoms with Crippen LogP contribution in [0.1, 0.15) is 32.8 Å². The highest BCUT2D eigenvalue weighted by Gasteiger charge is 2.35. The number of terminal acetylenes is 1. The van der Waals surface area contributed by atoms with Gasteiger partial charge < -0.3 is 15.7 Å². The maximum atomic E-state index is 12.4. The predicted molar refractivity (Wildman–Crippen MR) is 106 cm³/mol. The van der Waals surface area contributed by atoms with Crippen molar-refractivity contribution in [2.75, 3.05) is 13.1 Å². The summed E-state index contributed by atoms with van der Waals surface area (Å²) in [6.45, 7) is 5.52. The fourth-order valence-electron chi connectivity index (χ4n) is 3.10. The fourth-order valence-corrected chi connectivity index (χ4v) is 3.10. The minimum absolute atomic E-state index is 0.106. The molecule has 8 nitrogen and oxygen atoms in total. The molecule has 0 aliphatic carbocycles. The summed E-state index contributed by atoms with van der Waals surface area (Å²) in [6, 6.07) is 4.81. The average molecular weight is 388 g/mol. The van der Waals surface area contributed by atoms with Crippen molar-refractivity contribution in [2.45, 2.75) is 45.8 Å². The quantitative estimate of drug-likeness (QED) is 0.257. The second kappa shape index (κ2) is 10.9. The van der Waals surface area contributed by atoms with Crippen LogP contribution in [0, 0.1) is 12.3 Å². The first-order chi connectivity index (χ1) is 13.3. The highest BCUT2D eigenvalue weighted by Crippen LogP contribution is 2.20. The molecule has 1 aromatic carbocycles. The molecule has 0 aromatic heterocycles. The van der Waals surface area contributed by atoms with E-state index in [0.29, 0.717) is 19.4 Å². The number of carbonyl (C=O) groups is 3. The summed E-state index contributed by atoms with van der Waals surface area (Å²) in [5.74, 6) is 2.34. The molecule has 1 unspecified atom stereocenters. The van der Waals surface area contributed by atoms with Gasteiger partial charge in [-0.25, -0.2) is 14.8 Å². The Labute approximate surface area is 165 Å². The van der Waals surface area contributed by atoms with Gasteiger partial charge in [0.05, 0.1) is 12.6 Å². The number of amides is 3. The monoisotopic (exact) mass is 388 g/mol. The molecule has 0 saturated heterocycles. The summed E-state index contributed by atoms with van der Waals surface area (Å²) in [5.41, 5.74) is 6.34. The van der Waals surface area contributed by atoms with Crippen LogP contribution in [0.25, 0.3) is 0 Å². The largest absolute Gasteiger partial charge is 0.508 e. The first-order valence-corrected chi connectivity index (χ1v) is 9.08. The molecule has 0 fully saturated rings. The summed E-state index contributed by atoms with van der Waals surface area (Å²) < 4.78 is 0. The molecule has 28 heavy (non-hydrogen) atoms. The molecule has 2 atom stereocenters. The van der Waals surface area contributed by atoms with Gasteiger partial charge >= 0.3 is 6.03 Å². The minimum atomic E-state index is -0.807. The van der Waals surface area contributed by atoms with Crippen LogP contribution in [-0.2, 0) is 16.0 Å². The van der Waals surface area contributed by atoms with E-state index < -0.39 is 18.2 Å². The van der Waals surface area contributed by atoms with Crippen LogP contribution in [-0.4, -0.2) is 63.5 Å². The molecule has 0 spiro atoms. The number of phenolic OH excluding ortho intramolecular Hbond substituents is 1. The number of Topliss-reactive ketones (excluding diaryl/α,β-unsaturated/α-hetero) is 1. The molecule has 0 heterocycles. The normalized spacial score (nSPS) is 12.7. The third kappa shape index (κ3) is 5.72. The van der Waals surface area contributed by atoms with E-state index in [9.17, 15) is 19.5 Å². The van der Waals surface area contributed by atoms with E-state index in [0.717, 1.165) is 5.56 Å². The van der Waals surface area contributed by atoms with E-state index in [-0.39, 0.29) is 24.5 Å². The maximum Gasteiger partial charge on any atom is 0.331 e. The standard InChI is InChI=1S/C20H28N4O4/c1-5-12-22(7-3)24(20(21)28)19(6-2)23(14-25)18(15(4)26)13-16-8-10-17(27)11-9-16/h1,8-11,14,18-19,27H,6-7,12-13H2,2-4H3,(H2,21,28)/t18-,19?/m0/s1. The third-order valence-corrected chi connectivity index (χ3v) is 4.48. The summed E-state index contributed by atoms with van der Waals surface area (Å²) in [5, 5.41) is 12.2. The lowest BCUT2D eigenvalue weighted by Gasteiger charge is -2.43. The highest BCUT2D eigenvalue weighted by atomic mass is 16.3. The number of benzene rings is 1. The average Bonchev–Trinajstić information content (AvgIpc) is 2.66. The van der Waals surface area contributed by atoms with E-state index in [1.54, 1.807) is 24.1 Å². The van der Waals surface area contributed by atoms with E-state index in [2.05, 4.69) is 5.92 Å². The molecular formula is C20H28N4O4. The van der Waals surface area contributed by atoms with Crippen molar-refractivity contribution in [2.24, 2.45) is 5.73 Å². The van der Waals surface area contributed by atoms with Crippen LogP contribution in [0.3, 0.4) is 0 Å². The topological polar surface area (TPSA) is 107 Å². The van der Waals surface area contributed by atoms with Gasteiger partial charge in [-0.1, -0.05) is 31.9 Å². The molecule has 1 rings (SSSR count). The molecule has 1 aromatic rings. The number of carbonyl (C=O) groups excluding carboxylic acids is 3. The Hall–Kier alpha value is -3.05. The number of aromatic hydroxyl groups is 1. The minimum Gasteiger partial charge on any atom is -0.508 e. The Morgan fingerprint density at radius 3 is 2.29 bits per heavy atom. The molecule has 3 amide bonds. The third-order valence-electron chi connectivity index (χ3n) is 4.48. The van der Waals surface area contributed by atoms with E-state index in [4.69, 9.17) is 12.2 Å². The lowest BCUT2D eigenvalue weighted by atomic mass is 10.0. The zero-order chi connectivity index (χ0) is 21.3. The first-order valence-electron chi connectivity index (χ1n) is 9.08. The Balaban J connectivity index is 3.28. The van der Waals surface area contributed by atoms with Gasteiger partial charge in [0, 0.05) is 13.0 Å².